The van der Waals surface area contributed by atoms with E-state index >= 15 is 0 Å². The maximum Gasteiger partial charge on any atom is 0.253 e. The number of halogens is 2. The molecule has 0 saturated carbocycles. The van der Waals surface area contributed by atoms with Crippen LogP contribution in [0.4, 0.5) is 0 Å². The molecule has 144 valence electrons. The molecule has 0 unspecified atom stereocenters. The Morgan fingerprint density at radius 3 is 2.67 bits per heavy atom. The van der Waals surface area contributed by atoms with Gasteiger partial charge in [0.1, 0.15) is 0 Å². The summed E-state index contributed by atoms with van der Waals surface area (Å²) in [4.78, 5) is 14.9. The average molecular weight is 407 g/mol. The number of likely N-dealkylation sites (tertiary alicyclic amines) is 1. The van der Waals surface area contributed by atoms with Gasteiger partial charge in [0, 0.05) is 36.1 Å². The van der Waals surface area contributed by atoms with Gasteiger partial charge in [-0.25, -0.2) is 0 Å². The fourth-order valence-electron chi connectivity index (χ4n) is 4.09. The average Bonchev–Trinajstić information content (AvgIpc) is 2.67. The summed E-state index contributed by atoms with van der Waals surface area (Å²) in [6.07, 6.45) is 1.42. The molecule has 2 atom stereocenters. The summed E-state index contributed by atoms with van der Waals surface area (Å²) in [6, 6.07) is 15.3. The molecule has 4 rings (SSSR count). The first kappa shape index (κ1) is 20.2. The van der Waals surface area contributed by atoms with E-state index in [1.165, 1.54) is 0 Å². The number of fused-ring (bicyclic) bond motifs is 1. The van der Waals surface area contributed by atoms with Gasteiger partial charge < -0.3 is 15.3 Å². The molecule has 0 radical (unpaired) electrons. The van der Waals surface area contributed by atoms with Crippen LogP contribution in [0, 0.1) is 5.92 Å². The van der Waals surface area contributed by atoms with Gasteiger partial charge in [-0.1, -0.05) is 35.9 Å². The first-order valence-electron chi connectivity index (χ1n) is 9.13. The number of hydrogen-bond acceptors (Lipinski definition) is 3. The second-order valence-electron chi connectivity index (χ2n) is 7.35. The summed E-state index contributed by atoms with van der Waals surface area (Å²) in [5, 5.41) is 14.8. The van der Waals surface area contributed by atoms with Gasteiger partial charge in [-0.05, 0) is 54.8 Å². The van der Waals surface area contributed by atoms with E-state index in [9.17, 15) is 9.90 Å². The van der Waals surface area contributed by atoms with Gasteiger partial charge in [0.25, 0.3) is 5.91 Å². The lowest BCUT2D eigenvalue weighted by Crippen LogP contribution is -2.59. The van der Waals surface area contributed by atoms with E-state index in [0.29, 0.717) is 30.1 Å². The highest BCUT2D eigenvalue weighted by Gasteiger charge is 2.43. The van der Waals surface area contributed by atoms with Gasteiger partial charge in [0.05, 0.1) is 5.60 Å². The number of carbonyl (C=O) groups excluding carboxylic acids is 1. The van der Waals surface area contributed by atoms with Crippen molar-refractivity contribution in [1.82, 2.24) is 10.2 Å². The predicted molar refractivity (Wildman–Crippen MR) is 111 cm³/mol. The van der Waals surface area contributed by atoms with Crippen molar-refractivity contribution in [2.24, 2.45) is 5.92 Å². The minimum atomic E-state index is -0.620. The van der Waals surface area contributed by atoms with E-state index in [1.807, 2.05) is 53.4 Å². The Hall–Kier alpha value is -1.59. The van der Waals surface area contributed by atoms with Gasteiger partial charge in [-0.15, -0.1) is 12.4 Å². The molecule has 2 saturated heterocycles. The van der Waals surface area contributed by atoms with E-state index in [-0.39, 0.29) is 24.2 Å². The zero-order valence-electron chi connectivity index (χ0n) is 15.0. The van der Waals surface area contributed by atoms with Gasteiger partial charge in [0.2, 0.25) is 0 Å². The Morgan fingerprint density at radius 2 is 1.89 bits per heavy atom. The lowest BCUT2D eigenvalue weighted by Gasteiger charge is -2.47. The highest BCUT2D eigenvalue weighted by Crippen LogP contribution is 2.33. The lowest BCUT2D eigenvalue weighted by atomic mass is 9.76. The zero-order valence-corrected chi connectivity index (χ0v) is 16.6. The third-order valence-electron chi connectivity index (χ3n) is 5.70. The monoisotopic (exact) mass is 406 g/mol. The van der Waals surface area contributed by atoms with Gasteiger partial charge in [0.15, 0.2) is 0 Å². The minimum Gasteiger partial charge on any atom is -0.389 e. The number of nitrogens with zero attached hydrogens (tertiary/aromatic N) is 1. The van der Waals surface area contributed by atoms with Crippen molar-refractivity contribution in [1.29, 1.82) is 0 Å². The van der Waals surface area contributed by atoms with Crippen molar-refractivity contribution in [3.8, 4) is 11.1 Å². The summed E-state index contributed by atoms with van der Waals surface area (Å²) in [6.45, 7) is 2.82. The fourth-order valence-corrected chi connectivity index (χ4v) is 4.28. The van der Waals surface area contributed by atoms with Gasteiger partial charge in [-0.3, -0.25) is 4.79 Å². The van der Waals surface area contributed by atoms with Gasteiger partial charge >= 0.3 is 0 Å². The van der Waals surface area contributed by atoms with Crippen LogP contribution in [0.15, 0.2) is 48.5 Å². The molecule has 4 nitrogen and oxygen atoms in total. The largest absolute Gasteiger partial charge is 0.389 e. The topological polar surface area (TPSA) is 52.6 Å². The first-order chi connectivity index (χ1) is 12.5. The van der Waals surface area contributed by atoms with Crippen LogP contribution in [0.1, 0.15) is 23.2 Å². The summed E-state index contributed by atoms with van der Waals surface area (Å²) in [5.74, 6) is 0.131. The molecule has 2 aromatic rings. The second kappa shape index (κ2) is 8.19. The van der Waals surface area contributed by atoms with Crippen LogP contribution >= 0.6 is 24.0 Å². The Morgan fingerprint density at radius 1 is 1.15 bits per heavy atom. The lowest BCUT2D eigenvalue weighted by molar-refractivity contribution is -0.0817. The molecule has 0 aromatic heterocycles. The number of nitrogens with one attached hydrogen (secondary N) is 1. The summed E-state index contributed by atoms with van der Waals surface area (Å²) in [5.41, 5.74) is 2.03. The number of aliphatic hydroxyl groups is 1. The third-order valence-corrected chi connectivity index (χ3v) is 5.93. The normalized spacial score (nSPS) is 24.7. The van der Waals surface area contributed by atoms with Crippen molar-refractivity contribution in [3.63, 3.8) is 0 Å². The maximum absolute atomic E-state index is 13.0. The van der Waals surface area contributed by atoms with Gasteiger partial charge in [-0.2, -0.15) is 0 Å². The van der Waals surface area contributed by atoms with Crippen molar-refractivity contribution < 1.29 is 9.90 Å². The highest BCUT2D eigenvalue weighted by molar-refractivity contribution is 6.30. The molecule has 0 bridgehead atoms. The third kappa shape index (κ3) is 4.14. The molecular formula is C21H24Cl2N2O2. The fraction of sp³-hybridized carbons (Fsp3) is 0.381. The van der Waals surface area contributed by atoms with E-state index in [4.69, 9.17) is 11.6 Å². The minimum absolute atomic E-state index is 0. The van der Waals surface area contributed by atoms with Crippen LogP contribution in [0.5, 0.6) is 0 Å². The van der Waals surface area contributed by atoms with Crippen molar-refractivity contribution >= 4 is 29.9 Å². The molecule has 2 N–H and O–H groups in total. The number of amides is 1. The van der Waals surface area contributed by atoms with E-state index in [1.54, 1.807) is 0 Å². The summed E-state index contributed by atoms with van der Waals surface area (Å²) in [7, 11) is 0. The van der Waals surface area contributed by atoms with Crippen molar-refractivity contribution in [2.75, 3.05) is 26.2 Å². The maximum atomic E-state index is 13.0. The number of carbonyl (C=O) groups is 1. The quantitative estimate of drug-likeness (QED) is 0.800. The van der Waals surface area contributed by atoms with Crippen molar-refractivity contribution in [3.05, 3.63) is 59.1 Å². The molecule has 2 aromatic carbocycles. The Kier molecular flexibility index (Phi) is 6.11. The molecule has 1 amide bonds. The zero-order chi connectivity index (χ0) is 18.1. The second-order valence-corrected chi connectivity index (χ2v) is 7.78. The number of benzene rings is 2. The molecular weight excluding hydrogens is 383 g/mol. The predicted octanol–water partition coefficient (Wildman–Crippen LogP) is 3.62. The molecule has 6 heteroatoms. The highest BCUT2D eigenvalue weighted by atomic mass is 35.5. The first-order valence-corrected chi connectivity index (χ1v) is 9.51. The Bertz CT molecular complexity index is 829. The van der Waals surface area contributed by atoms with Crippen LogP contribution in [0.3, 0.4) is 0 Å². The summed E-state index contributed by atoms with van der Waals surface area (Å²) < 4.78 is 0. The molecule has 2 fully saturated rings. The molecule has 0 aliphatic carbocycles. The van der Waals surface area contributed by atoms with Crippen LogP contribution in [0.25, 0.3) is 11.1 Å². The van der Waals surface area contributed by atoms with E-state index in [0.717, 1.165) is 30.6 Å². The molecule has 2 heterocycles. The number of rotatable bonds is 2. The Balaban J connectivity index is 0.00000210. The smallest absolute Gasteiger partial charge is 0.253 e. The molecule has 0 spiro atoms. The SMILES string of the molecule is Cl.O=C(c1cccc(-c2cccc(Cl)c2)c1)N1CC[C@@]2(O)CCNC[C@H]2C1. The number of hydrogen-bond donors (Lipinski definition) is 2. The van der Waals surface area contributed by atoms with E-state index in [2.05, 4.69) is 5.32 Å². The van der Waals surface area contributed by atoms with Crippen LogP contribution in [-0.2, 0) is 0 Å². The van der Waals surface area contributed by atoms with Crippen LogP contribution in [0.2, 0.25) is 5.02 Å². The van der Waals surface area contributed by atoms with Crippen molar-refractivity contribution in [2.45, 2.75) is 18.4 Å². The molecule has 27 heavy (non-hydrogen) atoms. The summed E-state index contributed by atoms with van der Waals surface area (Å²) >= 11 is 6.09. The standard InChI is InChI=1S/C21H23ClN2O2.ClH/c22-19-6-2-4-16(12-19)15-3-1-5-17(11-15)20(25)24-10-8-21(26)7-9-23-13-18(21)14-24;/h1-6,11-12,18,23,26H,7-10,13-14H2;1H/t18-,21-;/m0./s1. The number of piperidine rings is 2. The van der Waals surface area contributed by atoms with Crippen LogP contribution in [-0.4, -0.2) is 47.7 Å². The molecule has 2 aliphatic heterocycles. The molecule has 2 aliphatic rings. The van der Waals surface area contributed by atoms with E-state index < -0.39 is 5.60 Å². The van der Waals surface area contributed by atoms with Crippen LogP contribution < -0.4 is 5.32 Å². The Labute approximate surface area is 170 Å².